The molecule has 2 rings (SSSR count). The van der Waals surface area contributed by atoms with E-state index in [1.54, 1.807) is 0 Å². The van der Waals surface area contributed by atoms with Gasteiger partial charge in [0.25, 0.3) is 0 Å². The first-order chi connectivity index (χ1) is 10.6. The zero-order valence-electron chi connectivity index (χ0n) is 12.1. The van der Waals surface area contributed by atoms with Crippen LogP contribution in [0.3, 0.4) is 0 Å². The summed E-state index contributed by atoms with van der Waals surface area (Å²) in [6.45, 7) is 0.253. The Hall–Kier alpha value is -2.61. The number of hydrogen-bond acceptors (Lipinski definition) is 3. The fraction of sp³-hybridized carbons (Fsp3) is 0.235. The Morgan fingerprint density at radius 1 is 1.09 bits per heavy atom. The zero-order valence-corrected chi connectivity index (χ0v) is 12.1. The largest absolute Gasteiger partial charge is 0.496 e. The number of rotatable bonds is 6. The second kappa shape index (κ2) is 7.41. The maximum Gasteiger partial charge on any atom is 0.123 e. The Morgan fingerprint density at radius 2 is 1.77 bits per heavy atom. The van der Waals surface area contributed by atoms with Crippen LogP contribution in [0.5, 0.6) is 11.5 Å². The van der Waals surface area contributed by atoms with Gasteiger partial charge in [-0.2, -0.15) is 5.26 Å². The molecule has 0 aromatic heterocycles. The molecule has 0 aliphatic rings. The molecule has 5 heteroatoms. The predicted molar refractivity (Wildman–Crippen MR) is 77.8 cm³/mol. The van der Waals surface area contributed by atoms with E-state index in [9.17, 15) is 14.0 Å². The minimum absolute atomic E-state index is 0.253. The quantitative estimate of drug-likeness (QED) is 0.808. The molecule has 0 heterocycles. The van der Waals surface area contributed by atoms with Gasteiger partial charge in [-0.05, 0) is 42.5 Å². The predicted octanol–water partition coefficient (Wildman–Crippen LogP) is 4.05. The van der Waals surface area contributed by atoms with E-state index in [2.05, 4.69) is 6.07 Å². The van der Waals surface area contributed by atoms with E-state index in [0.717, 1.165) is 0 Å². The minimum Gasteiger partial charge on any atom is -0.496 e. The SMILES string of the molecule is COc1ccc(F)cc1C(C#N)CCOc1ccc(F)cc1. The molecule has 1 atom stereocenters. The van der Waals surface area contributed by atoms with E-state index in [4.69, 9.17) is 9.47 Å². The summed E-state index contributed by atoms with van der Waals surface area (Å²) in [4.78, 5) is 0. The van der Waals surface area contributed by atoms with Crippen molar-refractivity contribution in [1.82, 2.24) is 0 Å². The highest BCUT2D eigenvalue weighted by Gasteiger charge is 2.17. The van der Waals surface area contributed by atoms with E-state index in [0.29, 0.717) is 23.5 Å². The van der Waals surface area contributed by atoms with Gasteiger partial charge in [-0.25, -0.2) is 8.78 Å². The smallest absolute Gasteiger partial charge is 0.123 e. The lowest BCUT2D eigenvalue weighted by Gasteiger charge is -2.14. The normalized spacial score (nSPS) is 11.5. The third-order valence-electron chi connectivity index (χ3n) is 3.21. The number of benzene rings is 2. The fourth-order valence-corrected chi connectivity index (χ4v) is 2.09. The van der Waals surface area contributed by atoms with Gasteiger partial charge in [0.05, 0.1) is 25.7 Å². The summed E-state index contributed by atoms with van der Waals surface area (Å²) < 4.78 is 36.8. The average molecular weight is 303 g/mol. The number of nitrogens with zero attached hydrogens (tertiary/aromatic N) is 1. The molecule has 0 aliphatic heterocycles. The maximum absolute atomic E-state index is 13.4. The van der Waals surface area contributed by atoms with Crippen LogP contribution in [0.15, 0.2) is 42.5 Å². The molecule has 0 saturated carbocycles. The molecule has 0 radical (unpaired) electrons. The summed E-state index contributed by atoms with van der Waals surface area (Å²) in [5.74, 6) is -0.327. The molecule has 2 aromatic rings. The van der Waals surface area contributed by atoms with Crippen LogP contribution in [0.25, 0.3) is 0 Å². The highest BCUT2D eigenvalue weighted by atomic mass is 19.1. The Labute approximate surface area is 127 Å². The van der Waals surface area contributed by atoms with Crippen LogP contribution in [0, 0.1) is 23.0 Å². The van der Waals surface area contributed by atoms with E-state index >= 15 is 0 Å². The van der Waals surface area contributed by atoms with Crippen LogP contribution >= 0.6 is 0 Å². The van der Waals surface area contributed by atoms with Gasteiger partial charge in [0.2, 0.25) is 0 Å². The van der Waals surface area contributed by atoms with Crippen molar-refractivity contribution >= 4 is 0 Å². The third kappa shape index (κ3) is 3.95. The van der Waals surface area contributed by atoms with Crippen LogP contribution in [-0.4, -0.2) is 13.7 Å². The number of hydrogen-bond donors (Lipinski definition) is 0. The summed E-state index contributed by atoms with van der Waals surface area (Å²) in [6, 6.07) is 11.8. The highest BCUT2D eigenvalue weighted by molar-refractivity contribution is 5.39. The molecule has 0 bridgehead atoms. The molecular weight excluding hydrogens is 288 g/mol. The van der Waals surface area contributed by atoms with Crippen molar-refractivity contribution < 1.29 is 18.3 Å². The Kier molecular flexibility index (Phi) is 5.31. The molecule has 0 spiro atoms. The van der Waals surface area contributed by atoms with Gasteiger partial charge >= 0.3 is 0 Å². The second-order valence-electron chi connectivity index (χ2n) is 4.66. The van der Waals surface area contributed by atoms with Crippen LogP contribution < -0.4 is 9.47 Å². The molecule has 0 saturated heterocycles. The average Bonchev–Trinajstić information content (AvgIpc) is 2.53. The van der Waals surface area contributed by atoms with E-state index in [-0.39, 0.29) is 12.4 Å². The first-order valence-electron chi connectivity index (χ1n) is 6.75. The summed E-state index contributed by atoms with van der Waals surface area (Å²) in [6.07, 6.45) is 0.369. The third-order valence-corrected chi connectivity index (χ3v) is 3.21. The van der Waals surface area contributed by atoms with E-state index in [1.807, 2.05) is 0 Å². The summed E-state index contributed by atoms with van der Waals surface area (Å²) >= 11 is 0. The van der Waals surface area contributed by atoms with Crippen molar-refractivity contribution in [3.05, 3.63) is 59.7 Å². The number of methoxy groups -OCH3 is 1. The van der Waals surface area contributed by atoms with E-state index in [1.165, 1.54) is 49.6 Å². The van der Waals surface area contributed by atoms with Gasteiger partial charge in [-0.1, -0.05) is 0 Å². The molecule has 0 aliphatic carbocycles. The number of ether oxygens (including phenoxy) is 2. The summed E-state index contributed by atoms with van der Waals surface area (Å²) in [7, 11) is 1.47. The molecule has 1 unspecified atom stereocenters. The first-order valence-corrected chi connectivity index (χ1v) is 6.75. The van der Waals surface area contributed by atoms with Gasteiger partial charge in [0, 0.05) is 12.0 Å². The molecule has 0 N–H and O–H groups in total. The van der Waals surface area contributed by atoms with Gasteiger partial charge < -0.3 is 9.47 Å². The fourth-order valence-electron chi connectivity index (χ4n) is 2.09. The summed E-state index contributed by atoms with van der Waals surface area (Å²) in [5, 5.41) is 9.29. The number of halogens is 2. The second-order valence-corrected chi connectivity index (χ2v) is 4.66. The molecule has 2 aromatic carbocycles. The van der Waals surface area contributed by atoms with E-state index < -0.39 is 11.7 Å². The Balaban J connectivity index is 2.02. The van der Waals surface area contributed by atoms with Gasteiger partial charge in [-0.15, -0.1) is 0 Å². The zero-order chi connectivity index (χ0) is 15.9. The van der Waals surface area contributed by atoms with Crippen LogP contribution in [-0.2, 0) is 0 Å². The minimum atomic E-state index is -0.550. The standard InChI is InChI=1S/C17H15F2NO2/c1-21-17-7-4-14(19)10-16(17)12(11-20)8-9-22-15-5-2-13(18)3-6-15/h2-7,10,12H,8-9H2,1H3. The van der Waals surface area contributed by atoms with Crippen molar-refractivity contribution in [3.8, 4) is 17.6 Å². The lowest BCUT2D eigenvalue weighted by molar-refractivity contribution is 0.304. The van der Waals surface area contributed by atoms with Crippen molar-refractivity contribution in [3.63, 3.8) is 0 Å². The van der Waals surface area contributed by atoms with Crippen LogP contribution in [0.4, 0.5) is 8.78 Å². The maximum atomic E-state index is 13.4. The molecule has 22 heavy (non-hydrogen) atoms. The monoisotopic (exact) mass is 303 g/mol. The number of nitriles is 1. The molecule has 114 valence electrons. The molecular formula is C17H15F2NO2. The van der Waals surface area contributed by atoms with Crippen molar-refractivity contribution in [2.75, 3.05) is 13.7 Å². The van der Waals surface area contributed by atoms with Crippen molar-refractivity contribution in [2.24, 2.45) is 0 Å². The Morgan fingerprint density at radius 3 is 2.41 bits per heavy atom. The first kappa shape index (κ1) is 15.8. The van der Waals surface area contributed by atoms with Crippen LogP contribution in [0.1, 0.15) is 17.9 Å². The van der Waals surface area contributed by atoms with Gasteiger partial charge in [0.1, 0.15) is 23.1 Å². The lowest BCUT2D eigenvalue weighted by Crippen LogP contribution is -2.06. The topological polar surface area (TPSA) is 42.2 Å². The molecule has 3 nitrogen and oxygen atoms in total. The van der Waals surface area contributed by atoms with Gasteiger partial charge in [-0.3, -0.25) is 0 Å². The summed E-state index contributed by atoms with van der Waals surface area (Å²) in [5.41, 5.74) is 0.493. The van der Waals surface area contributed by atoms with Crippen LogP contribution in [0.2, 0.25) is 0 Å². The molecule has 0 fully saturated rings. The van der Waals surface area contributed by atoms with Crippen molar-refractivity contribution in [2.45, 2.75) is 12.3 Å². The Bertz CT molecular complexity index is 665. The van der Waals surface area contributed by atoms with Gasteiger partial charge in [0.15, 0.2) is 0 Å². The molecule has 0 amide bonds. The van der Waals surface area contributed by atoms with Crippen molar-refractivity contribution in [1.29, 1.82) is 5.26 Å². The highest BCUT2D eigenvalue weighted by Crippen LogP contribution is 2.29. The lowest BCUT2D eigenvalue weighted by atomic mass is 9.96.